The second kappa shape index (κ2) is 3.14. The third kappa shape index (κ3) is 1.15. The molecule has 0 atom stereocenters. The second-order valence-corrected chi connectivity index (χ2v) is 4.92. The molecule has 0 bridgehead atoms. The zero-order valence-corrected chi connectivity index (χ0v) is 10.4. The van der Waals surface area contributed by atoms with Crippen LogP contribution >= 0.6 is 15.9 Å². The van der Waals surface area contributed by atoms with Gasteiger partial charge in [-0.1, -0.05) is 28.1 Å². The van der Waals surface area contributed by atoms with E-state index >= 15 is 0 Å². The Morgan fingerprint density at radius 2 is 1.82 bits per heavy atom. The lowest BCUT2D eigenvalue weighted by Gasteiger charge is -2.20. The van der Waals surface area contributed by atoms with Gasteiger partial charge in [0.1, 0.15) is 0 Å². The molecule has 1 aliphatic heterocycles. The normalized spacial score (nSPS) is 12.3. The summed E-state index contributed by atoms with van der Waals surface area (Å²) in [5.74, 6) is 1.81. The summed E-state index contributed by atoms with van der Waals surface area (Å²) in [6, 6.07) is 14.2. The van der Waals surface area contributed by atoms with Crippen molar-refractivity contribution in [2.45, 2.75) is 0 Å². The minimum Gasteiger partial charge on any atom is -0.453 e. The van der Waals surface area contributed by atoms with E-state index < -0.39 is 0 Å². The van der Waals surface area contributed by atoms with Gasteiger partial charge in [0.05, 0.1) is 11.2 Å². The van der Waals surface area contributed by atoms with Crippen LogP contribution in [0.3, 0.4) is 0 Å². The molecule has 3 heteroatoms. The molecule has 0 N–H and O–H groups in total. The molecule has 0 radical (unpaired) electrons. The van der Waals surface area contributed by atoms with Crippen LogP contribution in [-0.4, -0.2) is 4.57 Å². The highest BCUT2D eigenvalue weighted by Crippen LogP contribution is 2.42. The maximum absolute atomic E-state index is 5.92. The van der Waals surface area contributed by atoms with Gasteiger partial charge in [-0.25, -0.2) is 0 Å². The topological polar surface area (TPSA) is 14.2 Å². The van der Waals surface area contributed by atoms with Crippen molar-refractivity contribution in [3.05, 3.63) is 53.1 Å². The van der Waals surface area contributed by atoms with Crippen LogP contribution in [0.2, 0.25) is 0 Å². The van der Waals surface area contributed by atoms with Gasteiger partial charge in [0, 0.05) is 16.1 Å². The largest absolute Gasteiger partial charge is 0.453 e. The highest BCUT2D eigenvalue weighted by atomic mass is 79.9. The van der Waals surface area contributed by atoms with Gasteiger partial charge < -0.3 is 9.30 Å². The van der Waals surface area contributed by atoms with E-state index in [0.29, 0.717) is 0 Å². The quantitative estimate of drug-likeness (QED) is 0.464. The van der Waals surface area contributed by atoms with Crippen LogP contribution in [0, 0.1) is 0 Å². The van der Waals surface area contributed by atoms with Crippen molar-refractivity contribution in [2.24, 2.45) is 0 Å². The van der Waals surface area contributed by atoms with Gasteiger partial charge >= 0.3 is 0 Å². The van der Waals surface area contributed by atoms with Gasteiger partial charge in [-0.2, -0.15) is 0 Å². The number of para-hydroxylation sites is 2. The van der Waals surface area contributed by atoms with Crippen LogP contribution in [0.1, 0.15) is 0 Å². The van der Waals surface area contributed by atoms with Crippen molar-refractivity contribution >= 4 is 26.8 Å². The van der Waals surface area contributed by atoms with E-state index in [0.717, 1.165) is 27.2 Å². The Morgan fingerprint density at radius 1 is 0.941 bits per heavy atom. The first kappa shape index (κ1) is 9.31. The number of ether oxygens (including phenoxy) is 1. The number of nitrogens with zero attached hydrogens (tertiary/aromatic N) is 1. The molecule has 0 aliphatic carbocycles. The number of fused-ring (bicyclic) bond motifs is 2. The summed E-state index contributed by atoms with van der Waals surface area (Å²) in [4.78, 5) is 0. The standard InChI is InChI=1S/C14H8BrNO/c15-10-5-6-13-14-9(10)7-8-16(14)11-3-1-2-4-12(11)17-13/h1-8H. The molecular formula is C14H8BrNO. The molecule has 1 aliphatic rings. The first-order valence-corrected chi connectivity index (χ1v) is 6.21. The van der Waals surface area contributed by atoms with Gasteiger partial charge in [-0.05, 0) is 30.3 Å². The first-order valence-electron chi connectivity index (χ1n) is 5.41. The van der Waals surface area contributed by atoms with Crippen LogP contribution in [0.5, 0.6) is 11.5 Å². The number of hydrogen-bond donors (Lipinski definition) is 0. The smallest absolute Gasteiger partial charge is 0.152 e. The molecule has 1 aromatic heterocycles. The van der Waals surface area contributed by atoms with Crippen molar-refractivity contribution in [1.82, 2.24) is 4.57 Å². The van der Waals surface area contributed by atoms with Gasteiger partial charge in [0.25, 0.3) is 0 Å². The minimum atomic E-state index is 0.903. The zero-order chi connectivity index (χ0) is 11.4. The van der Waals surface area contributed by atoms with Crippen molar-refractivity contribution in [1.29, 1.82) is 0 Å². The fraction of sp³-hybridized carbons (Fsp3) is 0. The molecule has 0 unspecified atom stereocenters. The lowest BCUT2D eigenvalue weighted by Crippen LogP contribution is -2.02. The average Bonchev–Trinajstić information content (AvgIpc) is 2.80. The Labute approximate surface area is 107 Å². The predicted octanol–water partition coefficient (Wildman–Crippen LogP) is 4.50. The van der Waals surface area contributed by atoms with Crippen LogP contribution in [-0.2, 0) is 0 Å². The summed E-state index contributed by atoms with van der Waals surface area (Å²) in [6.07, 6.45) is 2.08. The van der Waals surface area contributed by atoms with Crippen molar-refractivity contribution in [2.75, 3.05) is 0 Å². The number of hydrogen-bond acceptors (Lipinski definition) is 1. The van der Waals surface area contributed by atoms with Gasteiger partial charge in [0.2, 0.25) is 0 Å². The number of halogens is 1. The molecule has 2 nitrogen and oxygen atoms in total. The third-order valence-electron chi connectivity index (χ3n) is 3.10. The van der Waals surface area contributed by atoms with Gasteiger partial charge in [-0.15, -0.1) is 0 Å². The van der Waals surface area contributed by atoms with E-state index in [2.05, 4.69) is 38.8 Å². The SMILES string of the molecule is Brc1ccc2c3c1ccn3-c1ccccc1O2. The highest BCUT2D eigenvalue weighted by Gasteiger charge is 2.19. The molecule has 4 rings (SSSR count). The summed E-state index contributed by atoms with van der Waals surface area (Å²) in [5.41, 5.74) is 2.21. The van der Waals surface area contributed by atoms with Crippen molar-refractivity contribution in [3.63, 3.8) is 0 Å². The number of rotatable bonds is 0. The van der Waals surface area contributed by atoms with E-state index in [-0.39, 0.29) is 0 Å². The van der Waals surface area contributed by atoms with E-state index in [1.165, 1.54) is 5.39 Å². The lowest BCUT2D eigenvalue weighted by atomic mass is 10.2. The molecule has 82 valence electrons. The zero-order valence-electron chi connectivity index (χ0n) is 8.85. The van der Waals surface area contributed by atoms with E-state index in [4.69, 9.17) is 4.74 Å². The Morgan fingerprint density at radius 3 is 2.76 bits per heavy atom. The Balaban J connectivity index is 2.20. The first-order chi connectivity index (χ1) is 8.34. The van der Waals surface area contributed by atoms with Gasteiger partial charge in [0.15, 0.2) is 11.5 Å². The van der Waals surface area contributed by atoms with Crippen molar-refractivity contribution < 1.29 is 4.74 Å². The van der Waals surface area contributed by atoms with Crippen LogP contribution in [0.15, 0.2) is 53.1 Å². The summed E-state index contributed by atoms with van der Waals surface area (Å²) in [7, 11) is 0. The lowest BCUT2D eigenvalue weighted by molar-refractivity contribution is 0.475. The number of aromatic nitrogens is 1. The highest BCUT2D eigenvalue weighted by molar-refractivity contribution is 9.10. The Hall–Kier alpha value is -1.74. The molecule has 0 fully saturated rings. The maximum Gasteiger partial charge on any atom is 0.152 e. The fourth-order valence-electron chi connectivity index (χ4n) is 2.34. The fourth-order valence-corrected chi connectivity index (χ4v) is 2.79. The molecule has 3 aromatic rings. The monoisotopic (exact) mass is 285 g/mol. The van der Waals surface area contributed by atoms with Gasteiger partial charge in [-0.3, -0.25) is 0 Å². The summed E-state index contributed by atoms with van der Waals surface area (Å²) in [6.45, 7) is 0. The average molecular weight is 286 g/mol. The predicted molar refractivity (Wildman–Crippen MR) is 71.0 cm³/mol. The Kier molecular flexibility index (Phi) is 1.72. The molecule has 0 spiro atoms. The van der Waals surface area contributed by atoms with Crippen LogP contribution in [0.25, 0.3) is 16.6 Å². The molecular weight excluding hydrogens is 278 g/mol. The second-order valence-electron chi connectivity index (χ2n) is 4.06. The molecule has 0 saturated heterocycles. The van der Waals surface area contributed by atoms with Crippen LogP contribution in [0.4, 0.5) is 0 Å². The molecule has 0 saturated carbocycles. The molecule has 2 heterocycles. The van der Waals surface area contributed by atoms with E-state index in [1.54, 1.807) is 0 Å². The molecule has 2 aromatic carbocycles. The van der Waals surface area contributed by atoms with E-state index in [1.807, 2.05) is 30.3 Å². The third-order valence-corrected chi connectivity index (χ3v) is 3.79. The van der Waals surface area contributed by atoms with Crippen LogP contribution < -0.4 is 4.74 Å². The number of benzene rings is 2. The summed E-state index contributed by atoms with van der Waals surface area (Å²) < 4.78 is 9.19. The van der Waals surface area contributed by atoms with Crippen molar-refractivity contribution in [3.8, 4) is 17.2 Å². The van der Waals surface area contributed by atoms with E-state index in [9.17, 15) is 0 Å². The molecule has 17 heavy (non-hydrogen) atoms. The Bertz CT molecular complexity index is 745. The molecule has 0 amide bonds. The summed E-state index contributed by atoms with van der Waals surface area (Å²) >= 11 is 3.57. The maximum atomic E-state index is 5.92. The minimum absolute atomic E-state index is 0.903. The summed E-state index contributed by atoms with van der Waals surface area (Å²) in [5, 5.41) is 1.18.